The molecule has 13 heteroatoms. The molecule has 3 rings (SSSR count). The molecule has 3 heterocycles. The van der Waals surface area contributed by atoms with Crippen molar-refractivity contribution in [2.24, 2.45) is 5.41 Å². The van der Waals surface area contributed by atoms with Gasteiger partial charge in [-0.3, -0.25) is 22.9 Å². The monoisotopic (exact) mass is 465 g/mol. The lowest BCUT2D eigenvalue weighted by Crippen LogP contribution is -2.49. The van der Waals surface area contributed by atoms with Crippen molar-refractivity contribution in [2.45, 2.75) is 58.2 Å². The van der Waals surface area contributed by atoms with Crippen LogP contribution < -0.4 is 11.4 Å². The number of alkyl halides is 1. The van der Waals surface area contributed by atoms with E-state index in [4.69, 9.17) is 24.0 Å². The summed E-state index contributed by atoms with van der Waals surface area (Å²) in [6.07, 6.45) is -2.97. The normalized spacial score (nSPS) is 34.0. The Labute approximate surface area is 177 Å². The summed E-state index contributed by atoms with van der Waals surface area (Å²) in [6, 6.07) is 1.34. The van der Waals surface area contributed by atoms with E-state index in [-0.39, 0.29) is 29.9 Å². The number of nitrogens with two attached hydrogens (primary N) is 1. The Hall–Kier alpha value is -1.30. The first-order chi connectivity index (χ1) is 13.9. The van der Waals surface area contributed by atoms with Crippen LogP contribution in [0.4, 0.5) is 10.2 Å². The fourth-order valence-electron chi connectivity index (χ4n) is 3.09. The molecule has 2 fully saturated rings. The predicted octanol–water partition coefficient (Wildman–Crippen LogP) is 2.64. The van der Waals surface area contributed by atoms with Gasteiger partial charge in [0.15, 0.2) is 17.5 Å². The number of phosphoric ester groups is 1. The van der Waals surface area contributed by atoms with Gasteiger partial charge in [0.05, 0.1) is 6.61 Å². The van der Waals surface area contributed by atoms with Gasteiger partial charge in [0, 0.05) is 11.6 Å². The molecule has 168 valence electrons. The summed E-state index contributed by atoms with van der Waals surface area (Å²) in [5.74, 6) is -0.283. The zero-order valence-electron chi connectivity index (χ0n) is 17.1. The van der Waals surface area contributed by atoms with E-state index in [1.807, 2.05) is 0 Å². The second-order valence-corrected chi connectivity index (χ2v) is 10.6. The molecule has 30 heavy (non-hydrogen) atoms. The molecule has 1 aromatic heterocycles. The van der Waals surface area contributed by atoms with E-state index in [0.717, 1.165) is 16.3 Å². The standard InChI is InChI=1S/C17H25FN3O7PS/c1-5-17-8-25-29(24,26-9-30-14(22)16(2,3)4)28-12(17)11(18)13(27-17)21-7-6-10(19)20-15(21)23/h6-7,11-13H,5,8-9H2,1-4H3,(H2,19,20,23)/t11-,12?,13-,17-,29?/m1/s1. The minimum absolute atomic E-state index is 0.00735. The van der Waals surface area contributed by atoms with E-state index in [9.17, 15) is 14.2 Å². The molecule has 0 aromatic carbocycles. The van der Waals surface area contributed by atoms with Crippen molar-refractivity contribution in [3.63, 3.8) is 0 Å². The lowest BCUT2D eigenvalue weighted by Gasteiger charge is -2.39. The highest BCUT2D eigenvalue weighted by Gasteiger charge is 2.62. The molecule has 1 aromatic rings. The number of carbonyl (C=O) groups is 1. The van der Waals surface area contributed by atoms with E-state index < -0.39 is 43.0 Å². The highest BCUT2D eigenvalue weighted by Crippen LogP contribution is 2.61. The first-order valence-electron chi connectivity index (χ1n) is 9.32. The highest BCUT2D eigenvalue weighted by atomic mass is 32.2. The SMILES string of the molecule is CC[C@@]12COP(=O)(OCSC(=O)C(C)(C)C)OC1[C@@H](F)[C@H](n1ccc(N)nc1=O)O2. The minimum atomic E-state index is -4.14. The van der Waals surface area contributed by atoms with Gasteiger partial charge in [0.25, 0.3) is 0 Å². The number of nitrogen functional groups attached to an aromatic ring is 1. The fraction of sp³-hybridized carbons (Fsp3) is 0.706. The Morgan fingerprint density at radius 2 is 2.23 bits per heavy atom. The van der Waals surface area contributed by atoms with Crippen LogP contribution in [0.15, 0.2) is 17.1 Å². The van der Waals surface area contributed by atoms with Gasteiger partial charge in [-0.2, -0.15) is 4.98 Å². The molecule has 0 radical (unpaired) electrons. The first-order valence-corrected chi connectivity index (χ1v) is 11.8. The average molecular weight is 465 g/mol. The molecule has 2 N–H and O–H groups in total. The van der Waals surface area contributed by atoms with Crippen LogP contribution in [0.2, 0.25) is 0 Å². The lowest BCUT2D eigenvalue weighted by molar-refractivity contribution is -0.148. The number of hydrogen-bond donors (Lipinski definition) is 1. The number of nitrogens with zero attached hydrogens (tertiary/aromatic N) is 2. The second kappa shape index (κ2) is 8.33. The van der Waals surface area contributed by atoms with Gasteiger partial charge in [-0.1, -0.05) is 39.5 Å². The maximum Gasteiger partial charge on any atom is 0.476 e. The molecular formula is C17H25FN3O7PS. The number of carbonyl (C=O) groups excluding carboxylic acids is 1. The number of anilines is 1. The Morgan fingerprint density at radius 3 is 2.83 bits per heavy atom. The topological polar surface area (TPSA) is 132 Å². The molecule has 2 aliphatic heterocycles. The van der Waals surface area contributed by atoms with Crippen LogP contribution in [0.1, 0.15) is 40.3 Å². The fourth-order valence-corrected chi connectivity index (χ4v) is 5.51. The van der Waals surface area contributed by atoms with Crippen molar-refractivity contribution in [3.8, 4) is 0 Å². The van der Waals surface area contributed by atoms with E-state index >= 15 is 4.39 Å². The minimum Gasteiger partial charge on any atom is -0.383 e. The van der Waals surface area contributed by atoms with Gasteiger partial charge in [-0.05, 0) is 12.5 Å². The largest absolute Gasteiger partial charge is 0.476 e. The summed E-state index contributed by atoms with van der Waals surface area (Å²) in [6.45, 7) is 6.69. The number of rotatable bonds is 5. The van der Waals surface area contributed by atoms with Crippen molar-refractivity contribution >= 4 is 30.5 Å². The van der Waals surface area contributed by atoms with Gasteiger partial charge in [-0.25, -0.2) is 13.8 Å². The zero-order valence-corrected chi connectivity index (χ0v) is 18.8. The van der Waals surface area contributed by atoms with Crippen molar-refractivity contribution in [2.75, 3.05) is 18.3 Å². The van der Waals surface area contributed by atoms with Crippen molar-refractivity contribution < 1.29 is 32.1 Å². The van der Waals surface area contributed by atoms with Gasteiger partial charge in [0.2, 0.25) is 0 Å². The molecule has 2 aliphatic rings. The number of thioether (sulfide) groups is 1. The summed E-state index contributed by atoms with van der Waals surface area (Å²) in [4.78, 5) is 27.7. The van der Waals surface area contributed by atoms with Crippen LogP contribution in [0, 0.1) is 5.41 Å². The zero-order chi connectivity index (χ0) is 22.3. The number of hydrogen-bond acceptors (Lipinski definition) is 10. The summed E-state index contributed by atoms with van der Waals surface area (Å²) in [5.41, 5.74) is 2.82. The smallest absolute Gasteiger partial charge is 0.383 e. The maximum absolute atomic E-state index is 15.3. The molecule has 0 aliphatic carbocycles. The van der Waals surface area contributed by atoms with Crippen LogP contribution in [-0.4, -0.2) is 45.1 Å². The molecule has 0 spiro atoms. The van der Waals surface area contributed by atoms with Crippen molar-refractivity contribution in [1.82, 2.24) is 9.55 Å². The van der Waals surface area contributed by atoms with Crippen LogP contribution >= 0.6 is 19.6 Å². The lowest BCUT2D eigenvalue weighted by atomic mass is 9.94. The molecule has 5 atom stereocenters. The predicted molar refractivity (Wildman–Crippen MR) is 107 cm³/mol. The third-order valence-corrected chi connectivity index (χ3v) is 7.54. The summed E-state index contributed by atoms with van der Waals surface area (Å²) in [7, 11) is -4.14. The molecule has 0 bridgehead atoms. The van der Waals surface area contributed by atoms with E-state index in [1.165, 1.54) is 12.3 Å². The Balaban J connectivity index is 1.75. The van der Waals surface area contributed by atoms with E-state index in [0.29, 0.717) is 0 Å². The summed E-state index contributed by atoms with van der Waals surface area (Å²) >= 11 is 0.823. The number of ether oxygens (including phenoxy) is 1. The Kier molecular flexibility index (Phi) is 6.48. The molecule has 0 saturated carbocycles. The third-order valence-electron chi connectivity index (χ3n) is 4.88. The highest BCUT2D eigenvalue weighted by molar-refractivity contribution is 8.13. The molecule has 0 amide bonds. The van der Waals surface area contributed by atoms with Crippen LogP contribution in [0.5, 0.6) is 0 Å². The van der Waals surface area contributed by atoms with Gasteiger partial charge in [0.1, 0.15) is 23.5 Å². The van der Waals surface area contributed by atoms with Crippen LogP contribution in [0.3, 0.4) is 0 Å². The number of fused-ring (bicyclic) bond motifs is 1. The van der Waals surface area contributed by atoms with Crippen molar-refractivity contribution in [3.05, 3.63) is 22.7 Å². The van der Waals surface area contributed by atoms with E-state index in [2.05, 4.69) is 4.98 Å². The quantitative estimate of drug-likeness (QED) is 0.511. The molecule has 2 saturated heterocycles. The molecular weight excluding hydrogens is 440 g/mol. The van der Waals surface area contributed by atoms with Crippen molar-refractivity contribution in [1.29, 1.82) is 0 Å². The van der Waals surface area contributed by atoms with Crippen LogP contribution in [0.25, 0.3) is 0 Å². The Morgan fingerprint density at radius 1 is 1.53 bits per heavy atom. The number of aromatic nitrogens is 2. The summed E-state index contributed by atoms with van der Waals surface area (Å²) < 4.78 is 50.9. The average Bonchev–Trinajstić information content (AvgIpc) is 2.94. The summed E-state index contributed by atoms with van der Waals surface area (Å²) in [5, 5.41) is -0.170. The maximum atomic E-state index is 15.3. The van der Waals surface area contributed by atoms with Gasteiger partial charge >= 0.3 is 13.5 Å². The second-order valence-electron chi connectivity index (χ2n) is 8.09. The van der Waals surface area contributed by atoms with Gasteiger partial charge < -0.3 is 10.5 Å². The number of phosphoric acid groups is 1. The molecule has 10 nitrogen and oxygen atoms in total. The Bertz CT molecular complexity index is 923. The molecule has 2 unspecified atom stereocenters. The van der Waals surface area contributed by atoms with E-state index in [1.54, 1.807) is 27.7 Å². The first kappa shape index (κ1) is 23.4. The van der Waals surface area contributed by atoms with Gasteiger partial charge in [-0.15, -0.1) is 0 Å². The number of halogens is 1. The van der Waals surface area contributed by atoms with Crippen LogP contribution in [-0.2, 0) is 27.7 Å². The third kappa shape index (κ3) is 4.49.